The highest BCUT2D eigenvalue weighted by molar-refractivity contribution is 9.09. The van der Waals surface area contributed by atoms with Crippen LogP contribution in [0, 0.1) is 11.5 Å². The lowest BCUT2D eigenvalue weighted by Gasteiger charge is -2.06. The maximum atomic E-state index is 11.8. The van der Waals surface area contributed by atoms with Gasteiger partial charge in [-0.2, -0.15) is 0 Å². The van der Waals surface area contributed by atoms with Crippen molar-refractivity contribution in [1.29, 1.82) is 0 Å². The number of Topliss-reactive ketones (excluding diaryl/α,β-unsaturated/α-hetero) is 1. The van der Waals surface area contributed by atoms with Gasteiger partial charge in [0.2, 0.25) is 5.78 Å². The standard InChI is InChI=1S/C13H15BrOSi/c1-16(2,3)10-9-12(15)13(14)11-7-5-4-6-8-11/h4-8,13H,1-3H3. The van der Waals surface area contributed by atoms with Gasteiger partial charge < -0.3 is 0 Å². The molecule has 1 unspecified atom stereocenters. The molecule has 1 nitrogen and oxygen atoms in total. The van der Waals surface area contributed by atoms with Gasteiger partial charge in [0.15, 0.2) is 0 Å². The van der Waals surface area contributed by atoms with Crippen molar-refractivity contribution in [3.63, 3.8) is 0 Å². The molecule has 0 radical (unpaired) electrons. The van der Waals surface area contributed by atoms with E-state index < -0.39 is 8.07 Å². The first-order chi connectivity index (χ1) is 7.40. The Hall–Kier alpha value is -0.853. The van der Waals surface area contributed by atoms with E-state index >= 15 is 0 Å². The topological polar surface area (TPSA) is 17.1 Å². The van der Waals surface area contributed by atoms with Crippen molar-refractivity contribution in [3.05, 3.63) is 35.9 Å². The van der Waals surface area contributed by atoms with Gasteiger partial charge in [-0.3, -0.25) is 4.79 Å². The second kappa shape index (κ2) is 5.47. The van der Waals surface area contributed by atoms with Crippen molar-refractivity contribution in [2.24, 2.45) is 0 Å². The number of hydrogen-bond acceptors (Lipinski definition) is 1. The van der Waals surface area contributed by atoms with Gasteiger partial charge in [0.05, 0.1) is 0 Å². The molecule has 0 saturated carbocycles. The summed E-state index contributed by atoms with van der Waals surface area (Å²) in [5.41, 5.74) is 4.04. The number of carbonyl (C=O) groups is 1. The van der Waals surface area contributed by atoms with Crippen LogP contribution in [-0.4, -0.2) is 13.9 Å². The molecule has 0 N–H and O–H groups in total. The first-order valence-electron chi connectivity index (χ1n) is 5.16. The van der Waals surface area contributed by atoms with Crippen molar-refractivity contribution < 1.29 is 4.79 Å². The summed E-state index contributed by atoms with van der Waals surface area (Å²) in [6.07, 6.45) is 0. The second-order valence-electron chi connectivity index (χ2n) is 4.64. The van der Waals surface area contributed by atoms with Gasteiger partial charge in [-0.05, 0) is 11.5 Å². The number of alkyl halides is 1. The van der Waals surface area contributed by atoms with Gasteiger partial charge in [-0.15, -0.1) is 5.54 Å². The number of hydrogen-bond donors (Lipinski definition) is 0. The molecule has 1 atom stereocenters. The molecule has 1 aromatic rings. The van der Waals surface area contributed by atoms with Crippen LogP contribution in [0.1, 0.15) is 10.4 Å². The van der Waals surface area contributed by atoms with Crippen molar-refractivity contribution >= 4 is 29.8 Å². The highest BCUT2D eigenvalue weighted by Gasteiger charge is 2.15. The Morgan fingerprint density at radius 1 is 1.25 bits per heavy atom. The lowest BCUT2D eigenvalue weighted by molar-refractivity contribution is -0.113. The summed E-state index contributed by atoms with van der Waals surface area (Å²) in [6.45, 7) is 6.37. The van der Waals surface area contributed by atoms with E-state index in [0.29, 0.717) is 0 Å². The predicted octanol–water partition coefficient (Wildman–Crippen LogP) is 3.57. The third-order valence-corrected chi connectivity index (χ3v) is 3.70. The van der Waals surface area contributed by atoms with Gasteiger partial charge in [-0.25, -0.2) is 0 Å². The van der Waals surface area contributed by atoms with E-state index in [1.54, 1.807) is 0 Å². The maximum absolute atomic E-state index is 11.8. The summed E-state index contributed by atoms with van der Waals surface area (Å²) >= 11 is 3.38. The summed E-state index contributed by atoms with van der Waals surface area (Å²) in [7, 11) is -1.47. The molecule has 0 bridgehead atoms. The van der Waals surface area contributed by atoms with E-state index in [4.69, 9.17) is 0 Å². The minimum absolute atomic E-state index is 0.0615. The highest BCUT2D eigenvalue weighted by Crippen LogP contribution is 2.22. The summed E-state index contributed by atoms with van der Waals surface area (Å²) in [5, 5.41) is 0. The Balaban J connectivity index is 2.79. The Morgan fingerprint density at radius 3 is 2.31 bits per heavy atom. The zero-order valence-corrected chi connectivity index (χ0v) is 12.3. The van der Waals surface area contributed by atoms with Crippen LogP contribution in [0.5, 0.6) is 0 Å². The zero-order valence-electron chi connectivity index (χ0n) is 9.75. The molecule has 0 aliphatic rings. The summed E-state index contributed by atoms with van der Waals surface area (Å²) in [4.78, 5) is 11.5. The van der Waals surface area contributed by atoms with Crippen LogP contribution in [0.15, 0.2) is 30.3 Å². The first-order valence-corrected chi connectivity index (χ1v) is 9.58. The van der Waals surface area contributed by atoms with Crippen LogP contribution in [0.2, 0.25) is 19.6 Å². The van der Waals surface area contributed by atoms with Gasteiger partial charge >= 0.3 is 0 Å². The van der Waals surface area contributed by atoms with Crippen LogP contribution in [-0.2, 0) is 4.79 Å². The monoisotopic (exact) mass is 294 g/mol. The molecule has 0 aromatic heterocycles. The molecule has 1 rings (SSSR count). The smallest absolute Gasteiger partial charge is 0.222 e. The van der Waals surface area contributed by atoms with Gasteiger partial charge in [-0.1, -0.05) is 65.9 Å². The zero-order chi connectivity index (χ0) is 12.2. The van der Waals surface area contributed by atoms with E-state index in [1.165, 1.54) is 0 Å². The number of benzene rings is 1. The molecular weight excluding hydrogens is 280 g/mol. The summed E-state index contributed by atoms with van der Waals surface area (Å²) in [5.74, 6) is 2.69. The minimum Gasteiger partial charge on any atom is -0.283 e. The van der Waals surface area contributed by atoms with Crippen molar-refractivity contribution in [2.75, 3.05) is 0 Å². The van der Waals surface area contributed by atoms with Crippen LogP contribution in [0.4, 0.5) is 0 Å². The lowest BCUT2D eigenvalue weighted by atomic mass is 10.1. The molecule has 1 aromatic carbocycles. The lowest BCUT2D eigenvalue weighted by Crippen LogP contribution is -2.17. The Bertz CT molecular complexity index is 423. The molecule has 0 heterocycles. The van der Waals surface area contributed by atoms with Crippen LogP contribution in [0.3, 0.4) is 0 Å². The molecule has 3 heteroatoms. The Kier molecular flexibility index (Phi) is 4.52. The first kappa shape index (κ1) is 13.2. The third-order valence-electron chi connectivity index (χ3n) is 1.88. The fraction of sp³-hybridized carbons (Fsp3) is 0.308. The minimum atomic E-state index is -1.47. The van der Waals surface area contributed by atoms with Gasteiger partial charge in [0, 0.05) is 0 Å². The summed E-state index contributed by atoms with van der Waals surface area (Å²) in [6, 6.07) is 9.62. The second-order valence-corrected chi connectivity index (χ2v) is 10.3. The van der Waals surface area contributed by atoms with Crippen LogP contribution < -0.4 is 0 Å². The van der Waals surface area contributed by atoms with Crippen LogP contribution >= 0.6 is 15.9 Å². The molecule has 0 aliphatic heterocycles. The molecule has 0 aliphatic carbocycles. The fourth-order valence-electron chi connectivity index (χ4n) is 1.09. The molecule has 0 fully saturated rings. The molecular formula is C13H15BrOSi. The molecule has 0 spiro atoms. The van der Waals surface area contributed by atoms with Gasteiger partial charge in [0.25, 0.3) is 0 Å². The Morgan fingerprint density at radius 2 is 1.81 bits per heavy atom. The number of carbonyl (C=O) groups excluding carboxylic acids is 1. The number of rotatable bonds is 2. The van der Waals surface area contributed by atoms with E-state index in [0.717, 1.165) is 5.56 Å². The summed E-state index contributed by atoms with van der Waals surface area (Å²) < 4.78 is 0. The molecule has 0 amide bonds. The van der Waals surface area contributed by atoms with Crippen molar-refractivity contribution in [2.45, 2.75) is 24.5 Å². The van der Waals surface area contributed by atoms with E-state index in [2.05, 4.69) is 47.0 Å². The van der Waals surface area contributed by atoms with E-state index in [1.807, 2.05) is 30.3 Å². The fourth-order valence-corrected chi connectivity index (χ4v) is 2.00. The van der Waals surface area contributed by atoms with Crippen molar-refractivity contribution in [1.82, 2.24) is 0 Å². The molecule has 84 valence electrons. The number of ketones is 1. The number of halogens is 1. The quantitative estimate of drug-likeness (QED) is 0.463. The highest BCUT2D eigenvalue weighted by atomic mass is 79.9. The van der Waals surface area contributed by atoms with E-state index in [9.17, 15) is 4.79 Å². The molecule has 16 heavy (non-hydrogen) atoms. The maximum Gasteiger partial charge on any atom is 0.222 e. The normalized spacial score (nSPS) is 12.5. The average molecular weight is 295 g/mol. The predicted molar refractivity (Wildman–Crippen MR) is 74.2 cm³/mol. The average Bonchev–Trinajstić information content (AvgIpc) is 2.25. The largest absolute Gasteiger partial charge is 0.283 e. The van der Waals surface area contributed by atoms with E-state index in [-0.39, 0.29) is 10.6 Å². The van der Waals surface area contributed by atoms with Gasteiger partial charge in [0.1, 0.15) is 12.9 Å². The van der Waals surface area contributed by atoms with Crippen molar-refractivity contribution in [3.8, 4) is 11.5 Å². The molecule has 0 saturated heterocycles. The van der Waals surface area contributed by atoms with Crippen LogP contribution in [0.25, 0.3) is 0 Å². The Labute approximate surface area is 106 Å². The SMILES string of the molecule is C[Si](C)(C)C#CC(=O)C(Br)c1ccccc1. The third kappa shape index (κ3) is 4.34.